The van der Waals surface area contributed by atoms with Crippen molar-refractivity contribution in [2.24, 2.45) is 11.1 Å². The van der Waals surface area contributed by atoms with Crippen LogP contribution in [0.15, 0.2) is 5.16 Å². The monoisotopic (exact) mass is 250 g/mol. The van der Waals surface area contributed by atoms with Crippen molar-refractivity contribution in [1.29, 1.82) is 0 Å². The van der Waals surface area contributed by atoms with Crippen LogP contribution in [0.1, 0.15) is 6.42 Å². The zero-order valence-corrected chi connectivity index (χ0v) is 9.37. The van der Waals surface area contributed by atoms with Gasteiger partial charge in [-0.1, -0.05) is 5.16 Å². The smallest absolute Gasteiger partial charge is 0.280 e. The predicted octanol–water partition coefficient (Wildman–Crippen LogP) is 0.785. The normalized spacial score (nSPS) is 28.0. The van der Waals surface area contributed by atoms with E-state index in [4.69, 9.17) is 4.84 Å². The third-order valence-electron chi connectivity index (χ3n) is 2.84. The molecule has 1 fully saturated rings. The molecule has 2 aliphatic heterocycles. The fourth-order valence-electron chi connectivity index (χ4n) is 2.02. The van der Waals surface area contributed by atoms with Gasteiger partial charge in [0.1, 0.15) is 5.71 Å². The van der Waals surface area contributed by atoms with E-state index in [0.29, 0.717) is 18.7 Å². The first-order valence-electron chi connectivity index (χ1n) is 5.04. The van der Waals surface area contributed by atoms with Crippen LogP contribution in [0, 0.1) is 5.92 Å². The molecule has 0 radical (unpaired) electrons. The first-order valence-corrected chi connectivity index (χ1v) is 5.67. The second kappa shape index (κ2) is 4.57. The quantitative estimate of drug-likeness (QED) is 0.752. The number of likely N-dealkylation sites (tertiary alicyclic amines) is 1. The van der Waals surface area contributed by atoms with Crippen LogP contribution in [0.2, 0.25) is 0 Å². The largest absolute Gasteiger partial charge is 0.390 e. The summed E-state index contributed by atoms with van der Waals surface area (Å²) in [4.78, 5) is 18.0. The number of nitrogens with zero attached hydrogens (tertiary/aromatic N) is 2. The summed E-state index contributed by atoms with van der Waals surface area (Å²) < 4.78 is 25.1. The van der Waals surface area contributed by atoms with E-state index < -0.39 is 18.4 Å². The van der Waals surface area contributed by atoms with Gasteiger partial charge in [0.15, 0.2) is 6.10 Å². The summed E-state index contributed by atoms with van der Waals surface area (Å²) in [5.41, 5.74) is -0.230. The number of hydrogen-bond donors (Lipinski definition) is 1. The molecule has 0 bridgehead atoms. The van der Waals surface area contributed by atoms with Crippen molar-refractivity contribution in [3.63, 3.8) is 0 Å². The molecule has 0 aromatic rings. The molecule has 0 saturated carbocycles. The number of carbonyl (C=O) groups excluding carboxylic acids is 1. The maximum absolute atomic E-state index is 12.5. The molecule has 1 saturated heterocycles. The standard InChI is InChI=1S/C9H12F2N2O2S/c10-9(11)8-5-3-13(7(14)1-2-16)4-6(5)15-12-8/h5-6,9,16H,1-4H2. The Balaban J connectivity index is 1.98. The molecule has 90 valence electrons. The molecule has 1 amide bonds. The maximum atomic E-state index is 12.5. The van der Waals surface area contributed by atoms with E-state index in [0.717, 1.165) is 0 Å². The average molecular weight is 250 g/mol. The number of halogens is 2. The fraction of sp³-hybridized carbons (Fsp3) is 0.778. The van der Waals surface area contributed by atoms with Gasteiger partial charge in [-0.3, -0.25) is 4.79 Å². The molecule has 4 nitrogen and oxygen atoms in total. The molecule has 2 atom stereocenters. The van der Waals surface area contributed by atoms with Crippen LogP contribution in [0.3, 0.4) is 0 Å². The molecule has 0 aromatic carbocycles. The minimum Gasteiger partial charge on any atom is -0.390 e. The highest BCUT2D eigenvalue weighted by Gasteiger charge is 2.46. The predicted molar refractivity (Wildman–Crippen MR) is 56.9 cm³/mol. The molecule has 16 heavy (non-hydrogen) atoms. The summed E-state index contributed by atoms with van der Waals surface area (Å²) >= 11 is 3.96. The lowest BCUT2D eigenvalue weighted by Gasteiger charge is -2.15. The van der Waals surface area contributed by atoms with Crippen molar-refractivity contribution in [2.45, 2.75) is 19.0 Å². The molecule has 7 heteroatoms. The molecule has 0 spiro atoms. The summed E-state index contributed by atoms with van der Waals surface area (Å²) in [6.45, 7) is 0.622. The Morgan fingerprint density at radius 3 is 3.00 bits per heavy atom. The Bertz CT molecular complexity index is 325. The topological polar surface area (TPSA) is 41.9 Å². The van der Waals surface area contributed by atoms with Crippen LogP contribution in [-0.2, 0) is 9.63 Å². The van der Waals surface area contributed by atoms with Crippen molar-refractivity contribution in [1.82, 2.24) is 4.90 Å². The van der Waals surface area contributed by atoms with Crippen LogP contribution >= 0.6 is 12.6 Å². The van der Waals surface area contributed by atoms with Gasteiger partial charge in [0.05, 0.1) is 12.5 Å². The number of fused-ring (bicyclic) bond motifs is 1. The molecule has 2 heterocycles. The molecular weight excluding hydrogens is 238 g/mol. The summed E-state index contributed by atoms with van der Waals surface area (Å²) in [6, 6.07) is 0. The van der Waals surface area contributed by atoms with Crippen LogP contribution in [-0.4, -0.2) is 47.9 Å². The maximum Gasteiger partial charge on any atom is 0.280 e. The minimum atomic E-state index is -2.60. The third kappa shape index (κ3) is 2.00. The Kier molecular flexibility index (Phi) is 3.32. The van der Waals surface area contributed by atoms with Gasteiger partial charge in [-0.2, -0.15) is 12.6 Å². The van der Waals surface area contributed by atoms with Gasteiger partial charge in [0.25, 0.3) is 6.43 Å². The summed E-state index contributed by atoms with van der Waals surface area (Å²) in [6.07, 6.45) is -2.67. The molecule has 0 aromatic heterocycles. The zero-order valence-electron chi connectivity index (χ0n) is 8.47. The molecule has 0 aliphatic carbocycles. The van der Waals surface area contributed by atoms with Gasteiger partial charge < -0.3 is 9.74 Å². The fourth-order valence-corrected chi connectivity index (χ4v) is 2.21. The summed E-state index contributed by atoms with van der Waals surface area (Å²) in [5.74, 6) is -0.0492. The number of alkyl halides is 2. The highest BCUT2D eigenvalue weighted by atomic mass is 32.1. The van der Waals surface area contributed by atoms with E-state index in [-0.39, 0.29) is 18.2 Å². The first kappa shape index (κ1) is 11.6. The van der Waals surface area contributed by atoms with E-state index in [1.165, 1.54) is 0 Å². The van der Waals surface area contributed by atoms with Gasteiger partial charge in [0.2, 0.25) is 5.91 Å². The lowest BCUT2D eigenvalue weighted by Crippen LogP contribution is -2.31. The minimum absolute atomic E-state index is 0.0679. The highest BCUT2D eigenvalue weighted by molar-refractivity contribution is 7.80. The average Bonchev–Trinajstić information content (AvgIpc) is 2.74. The highest BCUT2D eigenvalue weighted by Crippen LogP contribution is 2.29. The van der Waals surface area contributed by atoms with Crippen molar-refractivity contribution < 1.29 is 18.4 Å². The molecule has 2 aliphatic rings. The Morgan fingerprint density at radius 1 is 1.62 bits per heavy atom. The van der Waals surface area contributed by atoms with Crippen LogP contribution in [0.25, 0.3) is 0 Å². The number of rotatable bonds is 3. The van der Waals surface area contributed by atoms with E-state index in [9.17, 15) is 13.6 Å². The summed E-state index contributed by atoms with van der Waals surface area (Å²) in [7, 11) is 0. The number of amides is 1. The van der Waals surface area contributed by atoms with Crippen LogP contribution in [0.5, 0.6) is 0 Å². The van der Waals surface area contributed by atoms with Gasteiger partial charge in [0, 0.05) is 13.0 Å². The SMILES string of the molecule is O=C(CCS)N1CC2ON=C(C(F)F)C2C1. The molecular formula is C9H12F2N2O2S. The van der Waals surface area contributed by atoms with E-state index in [2.05, 4.69) is 17.8 Å². The van der Waals surface area contributed by atoms with Gasteiger partial charge in [-0.05, 0) is 5.75 Å². The number of hydrogen-bond acceptors (Lipinski definition) is 4. The van der Waals surface area contributed by atoms with Crippen molar-refractivity contribution in [3.8, 4) is 0 Å². The molecule has 0 N–H and O–H groups in total. The number of thiol groups is 1. The second-order valence-electron chi connectivity index (χ2n) is 3.84. The Hall–Kier alpha value is -0.850. The third-order valence-corrected chi connectivity index (χ3v) is 3.07. The second-order valence-corrected chi connectivity index (χ2v) is 4.29. The summed E-state index contributed by atoms with van der Waals surface area (Å²) in [5, 5.41) is 3.37. The van der Waals surface area contributed by atoms with Gasteiger partial charge in [-0.25, -0.2) is 8.78 Å². The van der Waals surface area contributed by atoms with Crippen LogP contribution < -0.4 is 0 Å². The van der Waals surface area contributed by atoms with E-state index >= 15 is 0 Å². The first-order chi connectivity index (χ1) is 7.63. The number of oxime groups is 1. The molecule has 2 rings (SSSR count). The molecule has 2 unspecified atom stereocenters. The Morgan fingerprint density at radius 2 is 2.38 bits per heavy atom. The van der Waals surface area contributed by atoms with Crippen LogP contribution in [0.4, 0.5) is 8.78 Å². The number of carbonyl (C=O) groups is 1. The lowest BCUT2D eigenvalue weighted by atomic mass is 10.0. The Labute approximate surface area is 97.0 Å². The van der Waals surface area contributed by atoms with E-state index in [1.54, 1.807) is 4.90 Å². The van der Waals surface area contributed by atoms with Crippen molar-refractivity contribution >= 4 is 24.2 Å². The zero-order chi connectivity index (χ0) is 11.7. The van der Waals surface area contributed by atoms with E-state index in [1.807, 2.05) is 0 Å². The van der Waals surface area contributed by atoms with Crippen molar-refractivity contribution in [2.75, 3.05) is 18.8 Å². The lowest BCUT2D eigenvalue weighted by molar-refractivity contribution is -0.130. The van der Waals surface area contributed by atoms with Gasteiger partial charge >= 0.3 is 0 Å². The van der Waals surface area contributed by atoms with Crippen molar-refractivity contribution in [3.05, 3.63) is 0 Å². The van der Waals surface area contributed by atoms with Gasteiger partial charge in [-0.15, -0.1) is 0 Å².